The number of aliphatic carboxylic acids is 1. The molecular weight excluding hydrogens is 306 g/mol. The minimum atomic E-state index is -1.30. The van der Waals surface area contributed by atoms with Crippen LogP contribution in [0.3, 0.4) is 0 Å². The van der Waals surface area contributed by atoms with E-state index in [4.69, 9.17) is 4.74 Å². The molecule has 2 rings (SSSR count). The number of carboxylic acid groups (broad SMARTS) is 1. The van der Waals surface area contributed by atoms with E-state index in [1.807, 2.05) is 19.1 Å². The Morgan fingerprint density at radius 2 is 1.83 bits per heavy atom. The van der Waals surface area contributed by atoms with Crippen molar-refractivity contribution in [2.45, 2.75) is 25.7 Å². The van der Waals surface area contributed by atoms with Crippen LogP contribution in [0.4, 0.5) is 5.69 Å². The average Bonchev–Trinajstić information content (AvgIpc) is 2.55. The molecule has 0 heterocycles. The number of carbonyl (C=O) groups excluding carboxylic acids is 1. The zero-order valence-corrected chi connectivity index (χ0v) is 14.0. The van der Waals surface area contributed by atoms with Crippen molar-refractivity contribution in [1.29, 1.82) is 0 Å². The van der Waals surface area contributed by atoms with Gasteiger partial charge in [0.1, 0.15) is 5.75 Å². The number of carboxylic acids is 1. The van der Waals surface area contributed by atoms with Crippen LogP contribution in [0.1, 0.15) is 24.5 Å². The molecule has 2 N–H and O–H groups in total. The molecule has 0 bridgehead atoms. The van der Waals surface area contributed by atoms with E-state index in [0.717, 1.165) is 5.56 Å². The highest BCUT2D eigenvalue weighted by Gasteiger charge is 2.37. The van der Waals surface area contributed by atoms with E-state index in [-0.39, 0.29) is 12.3 Å². The first-order valence-corrected chi connectivity index (χ1v) is 7.60. The van der Waals surface area contributed by atoms with Crippen LogP contribution in [-0.2, 0) is 15.0 Å². The minimum Gasteiger partial charge on any atom is -0.495 e. The number of ether oxygens (including phenoxy) is 1. The molecule has 2 aromatic carbocycles. The van der Waals surface area contributed by atoms with Gasteiger partial charge in [0.15, 0.2) is 0 Å². The summed E-state index contributed by atoms with van der Waals surface area (Å²) in [5.41, 5.74) is 0.782. The van der Waals surface area contributed by atoms with Gasteiger partial charge in [-0.2, -0.15) is 0 Å². The highest BCUT2D eigenvalue weighted by atomic mass is 16.5. The number of nitrogens with one attached hydrogen (secondary N) is 1. The summed E-state index contributed by atoms with van der Waals surface area (Å²) in [4.78, 5) is 24.2. The largest absolute Gasteiger partial charge is 0.495 e. The fourth-order valence-electron chi connectivity index (χ4n) is 2.54. The summed E-state index contributed by atoms with van der Waals surface area (Å²) in [6.45, 7) is 3.46. The number of methoxy groups -OCH3 is 1. The van der Waals surface area contributed by atoms with Crippen molar-refractivity contribution in [3.05, 3.63) is 59.7 Å². The Hall–Kier alpha value is -2.82. The third kappa shape index (κ3) is 3.74. The lowest BCUT2D eigenvalue weighted by molar-refractivity contribution is -0.145. The molecule has 0 saturated carbocycles. The fourth-order valence-corrected chi connectivity index (χ4v) is 2.54. The molecule has 24 heavy (non-hydrogen) atoms. The maximum absolute atomic E-state index is 12.5. The molecule has 0 fully saturated rings. The number of anilines is 1. The van der Waals surface area contributed by atoms with Gasteiger partial charge in [-0.1, -0.05) is 36.4 Å². The summed E-state index contributed by atoms with van der Waals surface area (Å²) in [6.07, 6.45) is -0.177. The molecule has 126 valence electrons. The first kappa shape index (κ1) is 17.5. The normalized spacial score (nSPS) is 13.0. The molecule has 0 aliphatic rings. The Bertz CT molecular complexity index is 742. The van der Waals surface area contributed by atoms with E-state index >= 15 is 0 Å². The van der Waals surface area contributed by atoms with Gasteiger partial charge in [-0.05, 0) is 37.1 Å². The molecule has 2 aromatic rings. The van der Waals surface area contributed by atoms with Crippen LogP contribution in [0.25, 0.3) is 0 Å². The number of rotatable bonds is 6. The van der Waals surface area contributed by atoms with Crippen molar-refractivity contribution in [2.75, 3.05) is 12.4 Å². The van der Waals surface area contributed by atoms with Crippen molar-refractivity contribution in [3.8, 4) is 5.75 Å². The Labute approximate surface area is 141 Å². The lowest BCUT2D eigenvalue weighted by Gasteiger charge is -2.25. The standard InChI is InChI=1S/C19H21NO4/c1-13-9-10-16(24-3)15(11-13)20-17(21)12-19(2,18(22)23)14-7-5-4-6-8-14/h4-11H,12H2,1-3H3,(H,20,21)(H,22,23). The molecule has 1 atom stereocenters. The quantitative estimate of drug-likeness (QED) is 0.853. The maximum Gasteiger partial charge on any atom is 0.314 e. The van der Waals surface area contributed by atoms with E-state index < -0.39 is 11.4 Å². The van der Waals surface area contributed by atoms with Gasteiger partial charge in [0.2, 0.25) is 5.91 Å². The number of aryl methyl sites for hydroxylation is 1. The molecule has 0 aliphatic heterocycles. The summed E-state index contributed by atoms with van der Waals surface area (Å²) in [7, 11) is 1.52. The van der Waals surface area contributed by atoms with E-state index in [1.165, 1.54) is 7.11 Å². The van der Waals surface area contributed by atoms with Crippen molar-refractivity contribution in [3.63, 3.8) is 0 Å². The number of benzene rings is 2. The first-order chi connectivity index (χ1) is 11.4. The highest BCUT2D eigenvalue weighted by Crippen LogP contribution is 2.30. The van der Waals surface area contributed by atoms with Crippen molar-refractivity contribution in [2.24, 2.45) is 0 Å². The van der Waals surface area contributed by atoms with E-state index in [1.54, 1.807) is 43.3 Å². The minimum absolute atomic E-state index is 0.177. The fraction of sp³-hybridized carbons (Fsp3) is 0.263. The molecule has 5 heteroatoms. The summed E-state index contributed by atoms with van der Waals surface area (Å²) < 4.78 is 5.23. The zero-order chi connectivity index (χ0) is 17.7. The molecule has 0 spiro atoms. The van der Waals surface area contributed by atoms with Crippen LogP contribution in [0.5, 0.6) is 5.75 Å². The van der Waals surface area contributed by atoms with Gasteiger partial charge in [0.05, 0.1) is 18.2 Å². The molecule has 1 unspecified atom stereocenters. The molecule has 1 amide bonds. The lowest BCUT2D eigenvalue weighted by atomic mass is 9.79. The number of hydrogen-bond donors (Lipinski definition) is 2. The third-order valence-electron chi connectivity index (χ3n) is 4.03. The maximum atomic E-state index is 12.5. The second-order valence-electron chi connectivity index (χ2n) is 5.93. The second kappa shape index (κ2) is 7.17. The van der Waals surface area contributed by atoms with Gasteiger partial charge in [-0.3, -0.25) is 9.59 Å². The summed E-state index contributed by atoms with van der Waals surface area (Å²) in [6, 6.07) is 14.2. The van der Waals surface area contributed by atoms with E-state index in [0.29, 0.717) is 17.0 Å². The van der Waals surface area contributed by atoms with Crippen LogP contribution in [0, 0.1) is 6.92 Å². The molecule has 0 aliphatic carbocycles. The molecule has 0 saturated heterocycles. The van der Waals surface area contributed by atoms with Crippen LogP contribution < -0.4 is 10.1 Å². The Balaban J connectivity index is 2.24. The highest BCUT2D eigenvalue weighted by molar-refractivity contribution is 5.97. The van der Waals surface area contributed by atoms with Gasteiger partial charge < -0.3 is 15.2 Å². The second-order valence-corrected chi connectivity index (χ2v) is 5.93. The monoisotopic (exact) mass is 327 g/mol. The van der Waals surface area contributed by atoms with Gasteiger partial charge in [-0.25, -0.2) is 0 Å². The van der Waals surface area contributed by atoms with Crippen LogP contribution >= 0.6 is 0 Å². The Morgan fingerprint density at radius 3 is 2.42 bits per heavy atom. The predicted octanol–water partition coefficient (Wildman–Crippen LogP) is 3.37. The molecule has 0 radical (unpaired) electrons. The van der Waals surface area contributed by atoms with Gasteiger partial charge >= 0.3 is 5.97 Å². The molecule has 0 aromatic heterocycles. The predicted molar refractivity (Wildman–Crippen MR) is 92.4 cm³/mol. The van der Waals surface area contributed by atoms with Gasteiger partial charge in [-0.15, -0.1) is 0 Å². The number of carbonyl (C=O) groups is 2. The van der Waals surface area contributed by atoms with E-state index in [2.05, 4.69) is 5.32 Å². The number of hydrogen-bond acceptors (Lipinski definition) is 3. The van der Waals surface area contributed by atoms with Crippen molar-refractivity contribution in [1.82, 2.24) is 0 Å². The molecular formula is C19H21NO4. The molecule has 5 nitrogen and oxygen atoms in total. The average molecular weight is 327 g/mol. The first-order valence-electron chi connectivity index (χ1n) is 7.60. The van der Waals surface area contributed by atoms with Gasteiger partial charge in [0.25, 0.3) is 0 Å². The topological polar surface area (TPSA) is 75.6 Å². The zero-order valence-electron chi connectivity index (χ0n) is 14.0. The van der Waals surface area contributed by atoms with Crippen molar-refractivity contribution >= 4 is 17.6 Å². The summed E-state index contributed by atoms with van der Waals surface area (Å²) >= 11 is 0. The Kier molecular flexibility index (Phi) is 5.24. The number of amides is 1. The van der Waals surface area contributed by atoms with E-state index in [9.17, 15) is 14.7 Å². The van der Waals surface area contributed by atoms with Crippen LogP contribution in [-0.4, -0.2) is 24.1 Å². The Morgan fingerprint density at radius 1 is 1.17 bits per heavy atom. The summed E-state index contributed by atoms with van der Waals surface area (Å²) in [5.74, 6) is -0.890. The SMILES string of the molecule is COc1ccc(C)cc1NC(=O)CC(C)(C(=O)O)c1ccccc1. The third-order valence-corrected chi connectivity index (χ3v) is 4.03. The summed E-state index contributed by atoms with van der Waals surface area (Å²) in [5, 5.41) is 12.4. The van der Waals surface area contributed by atoms with Crippen LogP contribution in [0.15, 0.2) is 48.5 Å². The van der Waals surface area contributed by atoms with Crippen molar-refractivity contribution < 1.29 is 19.4 Å². The smallest absolute Gasteiger partial charge is 0.314 e. The van der Waals surface area contributed by atoms with Crippen LogP contribution in [0.2, 0.25) is 0 Å². The van der Waals surface area contributed by atoms with Gasteiger partial charge in [0, 0.05) is 6.42 Å². The lowest BCUT2D eigenvalue weighted by Crippen LogP contribution is -2.36.